The molecule has 0 aromatic heterocycles. The van der Waals surface area contributed by atoms with Gasteiger partial charge in [-0.05, 0) is 35.0 Å². The van der Waals surface area contributed by atoms with Crippen LogP contribution in [0, 0.1) is 0 Å². The maximum Gasteiger partial charge on any atom is 0.0775 e. The van der Waals surface area contributed by atoms with Crippen molar-refractivity contribution < 1.29 is 0 Å². The predicted octanol–water partition coefficient (Wildman–Crippen LogP) is 5.97. The number of hydrogen-bond donors (Lipinski definition) is 0. The summed E-state index contributed by atoms with van der Waals surface area (Å²) < 4.78 is 0.0930. The van der Waals surface area contributed by atoms with Gasteiger partial charge in [0, 0.05) is 5.25 Å². The molecule has 0 saturated carbocycles. The summed E-state index contributed by atoms with van der Waals surface area (Å²) in [6, 6.07) is 22.3. The average Bonchev–Trinajstić information content (AvgIpc) is 2.56. The van der Waals surface area contributed by atoms with E-state index >= 15 is 0 Å². The van der Waals surface area contributed by atoms with Crippen molar-refractivity contribution in [1.82, 2.24) is 0 Å². The second-order valence-electron chi connectivity index (χ2n) is 6.13. The molecule has 1 unspecified atom stereocenters. The lowest BCUT2D eigenvalue weighted by atomic mass is 9.85. The van der Waals surface area contributed by atoms with Crippen LogP contribution in [0.3, 0.4) is 0 Å². The van der Waals surface area contributed by atoms with Gasteiger partial charge in [0.2, 0.25) is 0 Å². The van der Waals surface area contributed by atoms with Crippen molar-refractivity contribution in [2.45, 2.75) is 41.9 Å². The third kappa shape index (κ3) is 3.09. The number of thioether (sulfide) groups is 2. The van der Waals surface area contributed by atoms with E-state index < -0.39 is 0 Å². The first-order valence-electron chi connectivity index (χ1n) is 8.14. The van der Waals surface area contributed by atoms with Crippen molar-refractivity contribution in [3.8, 4) is 0 Å². The van der Waals surface area contributed by atoms with Gasteiger partial charge in [-0.3, -0.25) is 0 Å². The van der Waals surface area contributed by atoms with Crippen molar-refractivity contribution in [2.75, 3.05) is 5.75 Å². The number of hydrogen-bond acceptors (Lipinski definition) is 2. The predicted molar refractivity (Wildman–Crippen MR) is 102 cm³/mol. The van der Waals surface area contributed by atoms with Crippen LogP contribution >= 0.6 is 23.5 Å². The monoisotopic (exact) mass is 328 g/mol. The molecule has 1 aliphatic rings. The molecule has 0 spiro atoms. The standard InChI is InChI=1S/C20H24S2/c1-16(2)22-19-14-9-15-21-20(19,17-10-5-3-6-11-17)18-12-7-4-8-13-18/h3-8,10-13,16,19H,9,14-15H2,1-2H3. The average molecular weight is 329 g/mol. The Hall–Kier alpha value is -0.860. The maximum absolute atomic E-state index is 2.32. The first-order chi connectivity index (χ1) is 10.7. The van der Waals surface area contributed by atoms with Crippen LogP contribution in [0.4, 0.5) is 0 Å². The molecule has 0 N–H and O–H groups in total. The summed E-state index contributed by atoms with van der Waals surface area (Å²) in [5.41, 5.74) is 2.92. The van der Waals surface area contributed by atoms with Crippen LogP contribution in [0.15, 0.2) is 60.7 Å². The van der Waals surface area contributed by atoms with Gasteiger partial charge in [-0.25, -0.2) is 0 Å². The van der Waals surface area contributed by atoms with Gasteiger partial charge in [0.05, 0.1) is 4.75 Å². The lowest BCUT2D eigenvalue weighted by molar-refractivity contribution is 0.603. The Morgan fingerprint density at radius 3 is 2.00 bits per heavy atom. The molecule has 1 heterocycles. The lowest BCUT2D eigenvalue weighted by Gasteiger charge is -2.45. The van der Waals surface area contributed by atoms with E-state index in [9.17, 15) is 0 Å². The summed E-state index contributed by atoms with van der Waals surface area (Å²) in [5.74, 6) is 1.25. The van der Waals surface area contributed by atoms with E-state index in [1.165, 1.54) is 29.7 Å². The van der Waals surface area contributed by atoms with Gasteiger partial charge in [0.25, 0.3) is 0 Å². The van der Waals surface area contributed by atoms with Crippen LogP contribution in [0.25, 0.3) is 0 Å². The minimum absolute atomic E-state index is 0.0930. The molecule has 2 heteroatoms. The second kappa shape index (κ2) is 7.14. The van der Waals surface area contributed by atoms with Crippen molar-refractivity contribution in [3.05, 3.63) is 71.8 Å². The van der Waals surface area contributed by atoms with E-state index in [2.05, 4.69) is 98.0 Å². The van der Waals surface area contributed by atoms with E-state index in [0.29, 0.717) is 10.5 Å². The molecule has 1 fully saturated rings. The lowest BCUT2D eigenvalue weighted by Crippen LogP contribution is -2.39. The van der Waals surface area contributed by atoms with Crippen LogP contribution in [-0.2, 0) is 4.75 Å². The molecule has 0 bridgehead atoms. The van der Waals surface area contributed by atoms with Crippen molar-refractivity contribution in [1.29, 1.82) is 0 Å². The van der Waals surface area contributed by atoms with Crippen molar-refractivity contribution >= 4 is 23.5 Å². The summed E-state index contributed by atoms with van der Waals surface area (Å²) in [4.78, 5) is 0. The molecule has 3 rings (SSSR count). The molecule has 0 radical (unpaired) electrons. The highest BCUT2D eigenvalue weighted by Crippen LogP contribution is 2.54. The van der Waals surface area contributed by atoms with Gasteiger partial charge in [-0.1, -0.05) is 74.5 Å². The van der Waals surface area contributed by atoms with Gasteiger partial charge in [-0.15, -0.1) is 11.8 Å². The van der Waals surface area contributed by atoms with Crippen molar-refractivity contribution in [2.24, 2.45) is 0 Å². The zero-order valence-corrected chi connectivity index (χ0v) is 15.0. The highest BCUT2D eigenvalue weighted by Gasteiger charge is 2.44. The first kappa shape index (κ1) is 16.0. The molecule has 1 saturated heterocycles. The van der Waals surface area contributed by atoms with Crippen LogP contribution < -0.4 is 0 Å². The van der Waals surface area contributed by atoms with Gasteiger partial charge in [0.1, 0.15) is 0 Å². The summed E-state index contributed by atoms with van der Waals surface area (Å²) in [5, 5.41) is 1.30. The Bertz CT molecular complexity index is 538. The highest BCUT2D eigenvalue weighted by atomic mass is 32.2. The van der Waals surface area contributed by atoms with E-state index in [1.54, 1.807) is 0 Å². The molecule has 1 atom stereocenters. The van der Waals surface area contributed by atoms with Crippen LogP contribution in [0.5, 0.6) is 0 Å². The minimum Gasteiger partial charge on any atom is -0.154 e. The number of rotatable bonds is 4. The Morgan fingerprint density at radius 1 is 0.955 bits per heavy atom. The summed E-state index contributed by atoms with van der Waals surface area (Å²) in [6.45, 7) is 4.65. The largest absolute Gasteiger partial charge is 0.154 e. The van der Waals surface area contributed by atoms with E-state index in [4.69, 9.17) is 0 Å². The molecule has 22 heavy (non-hydrogen) atoms. The quantitative estimate of drug-likeness (QED) is 0.678. The smallest absolute Gasteiger partial charge is 0.0775 e. The Kier molecular flexibility index (Phi) is 5.20. The topological polar surface area (TPSA) is 0 Å². The molecular formula is C20H24S2. The van der Waals surface area contributed by atoms with Crippen LogP contribution in [0.1, 0.15) is 37.8 Å². The van der Waals surface area contributed by atoms with Gasteiger partial charge < -0.3 is 0 Å². The second-order valence-corrected chi connectivity index (χ2v) is 9.26. The Morgan fingerprint density at radius 2 is 1.50 bits per heavy atom. The summed E-state index contributed by atoms with van der Waals surface area (Å²) in [6.07, 6.45) is 2.64. The molecule has 0 amide bonds. The summed E-state index contributed by atoms with van der Waals surface area (Å²) in [7, 11) is 0. The zero-order chi connectivity index (χ0) is 15.4. The van der Waals surface area contributed by atoms with Gasteiger partial charge >= 0.3 is 0 Å². The fraction of sp³-hybridized carbons (Fsp3) is 0.400. The molecule has 2 aromatic carbocycles. The molecule has 116 valence electrons. The van der Waals surface area contributed by atoms with E-state index in [1.807, 2.05) is 0 Å². The molecule has 2 aromatic rings. The normalized spacial score (nSPS) is 21.0. The van der Waals surface area contributed by atoms with Crippen LogP contribution in [0.2, 0.25) is 0 Å². The molecule has 1 aliphatic heterocycles. The first-order valence-corrected chi connectivity index (χ1v) is 10.1. The molecular weight excluding hydrogens is 304 g/mol. The third-order valence-corrected chi connectivity index (χ3v) is 7.55. The maximum atomic E-state index is 2.32. The fourth-order valence-corrected chi connectivity index (χ4v) is 6.70. The Labute approximate surface area is 143 Å². The molecule has 0 nitrogen and oxygen atoms in total. The SMILES string of the molecule is CC(C)SC1CCCSC1(c1ccccc1)c1ccccc1. The molecule has 0 aliphatic carbocycles. The van der Waals surface area contributed by atoms with E-state index in [-0.39, 0.29) is 4.75 Å². The Balaban J connectivity index is 2.13. The summed E-state index contributed by atoms with van der Waals surface area (Å²) >= 11 is 4.30. The zero-order valence-electron chi connectivity index (χ0n) is 13.4. The van der Waals surface area contributed by atoms with Crippen molar-refractivity contribution in [3.63, 3.8) is 0 Å². The van der Waals surface area contributed by atoms with E-state index in [0.717, 1.165) is 0 Å². The number of benzene rings is 2. The van der Waals surface area contributed by atoms with Gasteiger partial charge in [-0.2, -0.15) is 11.8 Å². The fourth-order valence-electron chi connectivity index (χ4n) is 3.37. The third-order valence-electron chi connectivity index (χ3n) is 4.24. The highest BCUT2D eigenvalue weighted by molar-refractivity contribution is 8.04. The van der Waals surface area contributed by atoms with Gasteiger partial charge in [0.15, 0.2) is 0 Å². The minimum atomic E-state index is 0.0930. The van der Waals surface area contributed by atoms with Crippen LogP contribution in [-0.4, -0.2) is 16.3 Å².